The van der Waals surface area contributed by atoms with Crippen LogP contribution in [0.5, 0.6) is 0 Å². The molecule has 2 aromatic carbocycles. The van der Waals surface area contributed by atoms with Crippen LogP contribution in [-0.2, 0) is 21.5 Å². The number of benzene rings is 2. The third-order valence-electron chi connectivity index (χ3n) is 3.85. The molecule has 0 aliphatic rings. The van der Waals surface area contributed by atoms with Gasteiger partial charge in [-0.2, -0.15) is 13.5 Å². The molecular weight excluding hydrogens is 398 g/mol. The van der Waals surface area contributed by atoms with E-state index < -0.39 is 22.1 Å². The van der Waals surface area contributed by atoms with E-state index in [0.717, 1.165) is 0 Å². The van der Waals surface area contributed by atoms with Crippen molar-refractivity contribution in [3.63, 3.8) is 0 Å². The van der Waals surface area contributed by atoms with Gasteiger partial charge in [-0.05, 0) is 35.9 Å². The van der Waals surface area contributed by atoms with Crippen LogP contribution in [-0.4, -0.2) is 42.2 Å². The Morgan fingerprint density at radius 1 is 1.10 bits per heavy atom. The van der Waals surface area contributed by atoms with E-state index in [9.17, 15) is 18.0 Å². The van der Waals surface area contributed by atoms with Gasteiger partial charge in [-0.1, -0.05) is 18.2 Å². The van der Waals surface area contributed by atoms with Crippen molar-refractivity contribution >= 4 is 27.8 Å². The molecule has 3 rings (SSSR count). The summed E-state index contributed by atoms with van der Waals surface area (Å²) in [6.07, 6.45) is 2.85. The lowest BCUT2D eigenvalue weighted by Crippen LogP contribution is -2.36. The molecule has 150 valence electrons. The van der Waals surface area contributed by atoms with Crippen molar-refractivity contribution < 1.29 is 22.7 Å². The second-order valence-corrected chi connectivity index (χ2v) is 7.27. The lowest BCUT2D eigenvalue weighted by Gasteiger charge is -2.12. The molecule has 10 nitrogen and oxygen atoms in total. The van der Waals surface area contributed by atoms with E-state index in [0.29, 0.717) is 5.56 Å². The largest absolute Gasteiger partial charge is 0.465 e. The molecule has 3 aromatic rings. The number of hydrogen-bond acceptors (Lipinski definition) is 7. The number of amides is 1. The van der Waals surface area contributed by atoms with Gasteiger partial charge in [0.25, 0.3) is 5.91 Å². The highest BCUT2D eigenvalue weighted by Gasteiger charge is 2.19. The SMILES string of the molecule is COC(=O)c1ccc(NS(=O)(=O)NC(=O)c2ccccc2Cn2cncn2)cc1. The van der Waals surface area contributed by atoms with Gasteiger partial charge in [-0.15, -0.1) is 0 Å². The van der Waals surface area contributed by atoms with Gasteiger partial charge in [0.2, 0.25) is 0 Å². The molecule has 0 spiro atoms. The Kier molecular flexibility index (Phi) is 5.88. The summed E-state index contributed by atoms with van der Waals surface area (Å²) in [4.78, 5) is 27.8. The summed E-state index contributed by atoms with van der Waals surface area (Å²) in [5.41, 5.74) is 1.21. The highest BCUT2D eigenvalue weighted by Crippen LogP contribution is 2.13. The van der Waals surface area contributed by atoms with E-state index in [-0.39, 0.29) is 23.4 Å². The second kappa shape index (κ2) is 8.52. The van der Waals surface area contributed by atoms with E-state index in [1.165, 1.54) is 54.8 Å². The fourth-order valence-electron chi connectivity index (χ4n) is 2.52. The zero-order valence-electron chi connectivity index (χ0n) is 15.3. The minimum atomic E-state index is -4.20. The van der Waals surface area contributed by atoms with Crippen molar-refractivity contribution in [2.24, 2.45) is 0 Å². The van der Waals surface area contributed by atoms with Crippen LogP contribution in [0, 0.1) is 0 Å². The molecule has 11 heteroatoms. The zero-order valence-corrected chi connectivity index (χ0v) is 16.1. The number of ether oxygens (including phenoxy) is 1. The molecule has 29 heavy (non-hydrogen) atoms. The van der Waals surface area contributed by atoms with Gasteiger partial charge >= 0.3 is 16.2 Å². The Bertz CT molecular complexity index is 1110. The summed E-state index contributed by atoms with van der Waals surface area (Å²) in [7, 11) is -2.95. The smallest absolute Gasteiger partial charge is 0.337 e. The van der Waals surface area contributed by atoms with E-state index in [2.05, 4.69) is 19.5 Å². The average molecular weight is 415 g/mol. The Morgan fingerprint density at radius 3 is 2.48 bits per heavy atom. The number of anilines is 1. The molecule has 0 aliphatic carbocycles. The van der Waals surface area contributed by atoms with Crippen LogP contribution in [0.15, 0.2) is 61.2 Å². The first-order valence-corrected chi connectivity index (χ1v) is 9.80. The normalized spacial score (nSPS) is 10.9. The molecule has 1 heterocycles. The molecule has 0 saturated carbocycles. The molecule has 0 unspecified atom stereocenters. The fraction of sp³-hybridized carbons (Fsp3) is 0.111. The summed E-state index contributed by atoms with van der Waals surface area (Å²) in [5, 5.41) is 3.98. The first kappa shape index (κ1) is 20.0. The molecular formula is C18H17N5O5S. The Balaban J connectivity index is 1.72. The van der Waals surface area contributed by atoms with Gasteiger partial charge < -0.3 is 4.74 Å². The average Bonchev–Trinajstić information content (AvgIpc) is 3.20. The Hall–Kier alpha value is -3.73. The summed E-state index contributed by atoms with van der Waals surface area (Å²) in [6, 6.07) is 12.1. The van der Waals surface area contributed by atoms with Crippen molar-refractivity contribution in [2.75, 3.05) is 11.8 Å². The van der Waals surface area contributed by atoms with Crippen molar-refractivity contribution in [1.29, 1.82) is 0 Å². The van der Waals surface area contributed by atoms with Crippen LogP contribution in [0.25, 0.3) is 0 Å². The van der Waals surface area contributed by atoms with Gasteiger partial charge in [0.1, 0.15) is 12.7 Å². The number of esters is 1. The summed E-state index contributed by atoms with van der Waals surface area (Å²) in [5.74, 6) is -1.34. The lowest BCUT2D eigenvalue weighted by molar-refractivity contribution is 0.0600. The summed E-state index contributed by atoms with van der Waals surface area (Å²) in [6.45, 7) is 0.256. The molecule has 0 bridgehead atoms. The van der Waals surface area contributed by atoms with Gasteiger partial charge in [-0.3, -0.25) is 9.52 Å². The van der Waals surface area contributed by atoms with Crippen LogP contribution in [0.1, 0.15) is 26.3 Å². The third kappa shape index (κ3) is 5.17. The zero-order chi connectivity index (χ0) is 20.9. The van der Waals surface area contributed by atoms with Crippen molar-refractivity contribution in [2.45, 2.75) is 6.54 Å². The summed E-state index contributed by atoms with van der Waals surface area (Å²) >= 11 is 0. The van der Waals surface area contributed by atoms with E-state index >= 15 is 0 Å². The first-order valence-electron chi connectivity index (χ1n) is 8.31. The number of carbonyl (C=O) groups is 2. The molecule has 1 aromatic heterocycles. The van der Waals surface area contributed by atoms with Crippen LogP contribution in [0.2, 0.25) is 0 Å². The fourth-order valence-corrected chi connectivity index (χ4v) is 3.37. The first-order chi connectivity index (χ1) is 13.9. The highest BCUT2D eigenvalue weighted by atomic mass is 32.2. The number of methoxy groups -OCH3 is 1. The lowest BCUT2D eigenvalue weighted by atomic mass is 10.1. The minimum Gasteiger partial charge on any atom is -0.465 e. The van der Waals surface area contributed by atoms with Crippen molar-refractivity contribution in [1.82, 2.24) is 19.5 Å². The molecule has 0 saturated heterocycles. The maximum absolute atomic E-state index is 12.5. The quantitative estimate of drug-likeness (QED) is 0.554. The number of rotatable bonds is 7. The number of nitrogens with one attached hydrogen (secondary N) is 2. The standard InChI is InChI=1S/C18H17N5O5S/c1-28-18(25)13-6-8-15(9-7-13)21-29(26,27)22-17(24)16-5-3-2-4-14(16)10-23-12-19-11-20-23/h2-9,11-12,21H,10H2,1H3,(H,22,24). The van der Waals surface area contributed by atoms with Crippen molar-refractivity contribution in [3.05, 3.63) is 77.9 Å². The molecule has 0 fully saturated rings. The van der Waals surface area contributed by atoms with Gasteiger partial charge in [0.15, 0.2) is 0 Å². The maximum Gasteiger partial charge on any atom is 0.337 e. The molecule has 2 N–H and O–H groups in total. The Morgan fingerprint density at radius 2 is 1.83 bits per heavy atom. The van der Waals surface area contributed by atoms with Crippen LogP contribution >= 0.6 is 0 Å². The van der Waals surface area contributed by atoms with E-state index in [1.807, 2.05) is 4.72 Å². The van der Waals surface area contributed by atoms with E-state index in [4.69, 9.17) is 0 Å². The van der Waals surface area contributed by atoms with E-state index in [1.54, 1.807) is 18.2 Å². The summed E-state index contributed by atoms with van der Waals surface area (Å²) < 4.78 is 35.0. The van der Waals surface area contributed by atoms with Crippen LogP contribution in [0.4, 0.5) is 5.69 Å². The molecule has 0 aliphatic heterocycles. The predicted octanol–water partition coefficient (Wildman–Crippen LogP) is 1.20. The van der Waals surface area contributed by atoms with Crippen LogP contribution in [0.3, 0.4) is 0 Å². The van der Waals surface area contributed by atoms with Gasteiger partial charge in [0.05, 0.1) is 24.9 Å². The molecule has 0 atom stereocenters. The van der Waals surface area contributed by atoms with Crippen molar-refractivity contribution in [3.8, 4) is 0 Å². The highest BCUT2D eigenvalue weighted by molar-refractivity contribution is 7.91. The maximum atomic E-state index is 12.5. The predicted molar refractivity (Wildman–Crippen MR) is 103 cm³/mol. The second-order valence-electron chi connectivity index (χ2n) is 5.86. The molecule has 0 radical (unpaired) electrons. The number of aromatic nitrogens is 3. The number of hydrogen-bond donors (Lipinski definition) is 2. The topological polar surface area (TPSA) is 132 Å². The minimum absolute atomic E-state index is 0.175. The van der Waals surface area contributed by atoms with Crippen LogP contribution < -0.4 is 9.44 Å². The van der Waals surface area contributed by atoms with Gasteiger partial charge in [0, 0.05) is 5.56 Å². The third-order valence-corrected chi connectivity index (χ3v) is 4.80. The number of carbonyl (C=O) groups excluding carboxylic acids is 2. The number of nitrogens with zero attached hydrogens (tertiary/aromatic N) is 3. The monoisotopic (exact) mass is 415 g/mol. The Labute approximate surface area is 166 Å². The van der Waals surface area contributed by atoms with Gasteiger partial charge in [-0.25, -0.2) is 19.2 Å². The molecule has 1 amide bonds.